The number of rotatable bonds is 5. The van der Waals surface area contributed by atoms with Gasteiger partial charge in [-0.2, -0.15) is 0 Å². The summed E-state index contributed by atoms with van der Waals surface area (Å²) in [4.78, 5) is 0. The molecule has 0 heterocycles. The van der Waals surface area contributed by atoms with Crippen LogP contribution in [0.2, 0.25) is 0 Å². The Morgan fingerprint density at radius 3 is 2.77 bits per heavy atom. The third-order valence-electron chi connectivity index (χ3n) is 2.51. The summed E-state index contributed by atoms with van der Waals surface area (Å²) in [6, 6.07) is 0. The Balaban J connectivity index is 2.32. The zero-order valence-electron chi connectivity index (χ0n) is 9.27. The lowest BCUT2D eigenvalue weighted by molar-refractivity contribution is 0.637. The number of allylic oxidation sites excluding steroid dienone is 4. The summed E-state index contributed by atoms with van der Waals surface area (Å²) in [5, 5.41) is 0. The molecule has 0 heteroatoms. The van der Waals surface area contributed by atoms with Crippen molar-refractivity contribution in [1.82, 2.24) is 0 Å². The molecule has 0 saturated carbocycles. The average molecular weight is 178 g/mol. The molecule has 1 aliphatic carbocycles. The molecule has 0 aromatic rings. The highest BCUT2D eigenvalue weighted by Crippen LogP contribution is 2.26. The second kappa shape index (κ2) is 5.26. The van der Waals surface area contributed by atoms with E-state index in [0.29, 0.717) is 0 Å². The normalized spacial score (nSPS) is 16.3. The molecule has 0 spiro atoms. The van der Waals surface area contributed by atoms with Crippen molar-refractivity contribution in [2.45, 2.75) is 52.9 Å². The minimum absolute atomic E-state index is 0.810. The lowest BCUT2D eigenvalue weighted by atomic mass is 10.0. The van der Waals surface area contributed by atoms with Gasteiger partial charge in [-0.3, -0.25) is 0 Å². The van der Waals surface area contributed by atoms with Crippen molar-refractivity contribution < 1.29 is 0 Å². The first-order chi connectivity index (χ1) is 6.22. The molecule has 0 atom stereocenters. The van der Waals surface area contributed by atoms with E-state index < -0.39 is 0 Å². The Morgan fingerprint density at radius 2 is 2.15 bits per heavy atom. The zero-order valence-corrected chi connectivity index (χ0v) is 9.27. The predicted molar refractivity (Wildman–Crippen MR) is 59.8 cm³/mol. The maximum atomic E-state index is 2.43. The molecule has 0 aliphatic heterocycles. The summed E-state index contributed by atoms with van der Waals surface area (Å²) in [7, 11) is 0. The van der Waals surface area contributed by atoms with Gasteiger partial charge in [-0.05, 0) is 31.6 Å². The fraction of sp³-hybridized carbons (Fsp3) is 0.692. The van der Waals surface area contributed by atoms with E-state index in [-0.39, 0.29) is 0 Å². The van der Waals surface area contributed by atoms with Crippen molar-refractivity contribution in [3.63, 3.8) is 0 Å². The van der Waals surface area contributed by atoms with Crippen LogP contribution >= 0.6 is 0 Å². The van der Waals surface area contributed by atoms with Crippen molar-refractivity contribution >= 4 is 0 Å². The molecule has 0 saturated heterocycles. The first-order valence-electron chi connectivity index (χ1n) is 5.60. The highest BCUT2D eigenvalue weighted by atomic mass is 14.1. The molecule has 1 aliphatic rings. The van der Waals surface area contributed by atoms with Crippen LogP contribution < -0.4 is 0 Å². The molecule has 0 nitrogen and oxygen atoms in total. The molecule has 0 unspecified atom stereocenters. The van der Waals surface area contributed by atoms with Crippen LogP contribution in [0, 0.1) is 5.92 Å². The van der Waals surface area contributed by atoms with E-state index in [0.717, 1.165) is 5.92 Å². The van der Waals surface area contributed by atoms with Crippen LogP contribution in [0.15, 0.2) is 23.3 Å². The monoisotopic (exact) mass is 178 g/mol. The first kappa shape index (κ1) is 10.6. The Bertz CT molecular complexity index is 206. The molecular formula is C13H22. The van der Waals surface area contributed by atoms with Crippen LogP contribution in [0.3, 0.4) is 0 Å². The van der Waals surface area contributed by atoms with Gasteiger partial charge in [-0.1, -0.05) is 50.5 Å². The third kappa shape index (κ3) is 3.80. The quantitative estimate of drug-likeness (QED) is 0.582. The highest BCUT2D eigenvalue weighted by molar-refractivity contribution is 5.32. The van der Waals surface area contributed by atoms with Gasteiger partial charge in [0.2, 0.25) is 0 Å². The van der Waals surface area contributed by atoms with Crippen LogP contribution in [-0.2, 0) is 0 Å². The maximum absolute atomic E-state index is 2.43. The summed E-state index contributed by atoms with van der Waals surface area (Å²) >= 11 is 0. The molecule has 13 heavy (non-hydrogen) atoms. The summed E-state index contributed by atoms with van der Waals surface area (Å²) < 4.78 is 0. The van der Waals surface area contributed by atoms with Crippen molar-refractivity contribution in [2.24, 2.45) is 5.92 Å². The van der Waals surface area contributed by atoms with E-state index in [1.165, 1.54) is 32.1 Å². The molecule has 0 radical (unpaired) electrons. The van der Waals surface area contributed by atoms with Gasteiger partial charge in [-0.25, -0.2) is 0 Å². The van der Waals surface area contributed by atoms with Gasteiger partial charge in [0.15, 0.2) is 0 Å². The summed E-state index contributed by atoms with van der Waals surface area (Å²) in [5.74, 6) is 0.810. The Kier molecular flexibility index (Phi) is 4.27. The lowest BCUT2D eigenvalue weighted by Crippen LogP contribution is -1.88. The summed E-state index contributed by atoms with van der Waals surface area (Å²) in [5.41, 5.74) is 3.22. The number of hydrogen-bond donors (Lipinski definition) is 0. The Morgan fingerprint density at radius 1 is 1.38 bits per heavy atom. The molecule has 1 rings (SSSR count). The summed E-state index contributed by atoms with van der Waals surface area (Å²) in [6.45, 7) is 6.85. The third-order valence-corrected chi connectivity index (χ3v) is 2.51. The Hall–Kier alpha value is -0.520. The number of unbranched alkanes of at least 4 members (excludes halogenated alkanes) is 1. The fourth-order valence-corrected chi connectivity index (χ4v) is 1.86. The smallest absolute Gasteiger partial charge is 0.0130 e. The van der Waals surface area contributed by atoms with Gasteiger partial charge in [0.1, 0.15) is 0 Å². The molecule has 74 valence electrons. The van der Waals surface area contributed by atoms with E-state index in [4.69, 9.17) is 0 Å². The van der Waals surface area contributed by atoms with Gasteiger partial charge >= 0.3 is 0 Å². The van der Waals surface area contributed by atoms with Crippen molar-refractivity contribution in [1.29, 1.82) is 0 Å². The van der Waals surface area contributed by atoms with Gasteiger partial charge in [0.05, 0.1) is 0 Å². The van der Waals surface area contributed by atoms with E-state index >= 15 is 0 Å². The molecule has 0 fully saturated rings. The molecule has 0 aromatic carbocycles. The summed E-state index contributed by atoms with van der Waals surface area (Å²) in [6.07, 6.45) is 11.3. The van der Waals surface area contributed by atoms with Crippen LogP contribution in [0.1, 0.15) is 52.9 Å². The minimum atomic E-state index is 0.810. The van der Waals surface area contributed by atoms with Crippen LogP contribution in [-0.4, -0.2) is 0 Å². The van der Waals surface area contributed by atoms with E-state index in [9.17, 15) is 0 Å². The van der Waals surface area contributed by atoms with Crippen molar-refractivity contribution in [3.05, 3.63) is 23.3 Å². The topological polar surface area (TPSA) is 0 Å². The minimum Gasteiger partial charge on any atom is -0.0772 e. The Labute approximate surface area is 82.7 Å². The van der Waals surface area contributed by atoms with Crippen molar-refractivity contribution in [3.8, 4) is 0 Å². The molecule has 0 N–H and O–H groups in total. The van der Waals surface area contributed by atoms with Gasteiger partial charge < -0.3 is 0 Å². The van der Waals surface area contributed by atoms with E-state index in [2.05, 4.69) is 32.9 Å². The maximum Gasteiger partial charge on any atom is -0.0130 e. The molecule has 0 bridgehead atoms. The SMILES string of the molecule is CCCCC1=CCC(CC(C)C)=C1. The van der Waals surface area contributed by atoms with E-state index in [1.54, 1.807) is 11.1 Å². The first-order valence-corrected chi connectivity index (χ1v) is 5.60. The molecule has 0 amide bonds. The standard InChI is InChI=1S/C13H22/c1-4-5-6-12-7-8-13(10-12)9-11(2)3/h7,10-11H,4-6,8-9H2,1-3H3. The van der Waals surface area contributed by atoms with Gasteiger partial charge in [0.25, 0.3) is 0 Å². The second-order valence-electron chi connectivity index (χ2n) is 4.49. The van der Waals surface area contributed by atoms with Crippen LogP contribution in [0.4, 0.5) is 0 Å². The van der Waals surface area contributed by atoms with Crippen molar-refractivity contribution in [2.75, 3.05) is 0 Å². The fourth-order valence-electron chi connectivity index (χ4n) is 1.86. The highest BCUT2D eigenvalue weighted by Gasteiger charge is 2.07. The molecular weight excluding hydrogens is 156 g/mol. The van der Waals surface area contributed by atoms with E-state index in [1.807, 2.05) is 0 Å². The van der Waals surface area contributed by atoms with Gasteiger partial charge in [-0.15, -0.1) is 0 Å². The van der Waals surface area contributed by atoms with Gasteiger partial charge in [0, 0.05) is 0 Å². The lowest BCUT2D eigenvalue weighted by Gasteiger charge is -2.04. The second-order valence-corrected chi connectivity index (χ2v) is 4.49. The predicted octanol–water partition coefficient (Wildman–Crippen LogP) is 4.48. The molecule has 0 aromatic heterocycles. The van der Waals surface area contributed by atoms with Crippen LogP contribution in [0.5, 0.6) is 0 Å². The zero-order chi connectivity index (χ0) is 9.68. The van der Waals surface area contributed by atoms with Crippen LogP contribution in [0.25, 0.3) is 0 Å². The number of hydrogen-bond acceptors (Lipinski definition) is 0. The largest absolute Gasteiger partial charge is 0.0772 e. The average Bonchev–Trinajstić information content (AvgIpc) is 2.48.